The van der Waals surface area contributed by atoms with E-state index in [1.165, 1.54) is 0 Å². The largest absolute Gasteiger partial charge is 0.390 e. The third-order valence-electron chi connectivity index (χ3n) is 1.97. The number of nitrogens with two attached hydrogens (primary N) is 1. The minimum atomic E-state index is -0.771. The molecule has 1 amide bonds. The molecular weight excluding hydrogens is 182 g/mol. The van der Waals surface area contributed by atoms with Gasteiger partial charge in [-0.1, -0.05) is 0 Å². The van der Waals surface area contributed by atoms with Crippen molar-refractivity contribution in [2.45, 2.75) is 25.5 Å². The maximum Gasteiger partial charge on any atom is 0.237 e. The summed E-state index contributed by atoms with van der Waals surface area (Å²) in [4.78, 5) is 12.8. The van der Waals surface area contributed by atoms with Crippen molar-refractivity contribution in [2.75, 3.05) is 27.2 Å². The number of aliphatic hydroxyl groups is 1. The van der Waals surface area contributed by atoms with Crippen LogP contribution in [0.4, 0.5) is 0 Å². The molecule has 0 aliphatic rings. The van der Waals surface area contributed by atoms with Gasteiger partial charge in [0.1, 0.15) is 0 Å². The summed E-state index contributed by atoms with van der Waals surface area (Å²) in [5.41, 5.74) is 4.39. The summed E-state index contributed by atoms with van der Waals surface area (Å²) >= 11 is 0. The van der Waals surface area contributed by atoms with Crippen molar-refractivity contribution in [3.05, 3.63) is 0 Å². The number of β-amino-alcohol motifs (C(OH)–C–C–N with tert-alkyl or cyclic N) is 1. The SMILES string of the molecule is CN(C)CC(O)CNC(C)(C)C(N)=O. The maximum absolute atomic E-state index is 10.9. The van der Waals surface area contributed by atoms with Crippen LogP contribution in [0.3, 0.4) is 0 Å². The first-order valence-electron chi connectivity index (χ1n) is 4.63. The molecule has 0 fully saturated rings. The highest BCUT2D eigenvalue weighted by atomic mass is 16.3. The van der Waals surface area contributed by atoms with Gasteiger partial charge in [-0.2, -0.15) is 0 Å². The van der Waals surface area contributed by atoms with E-state index in [9.17, 15) is 9.90 Å². The molecule has 5 heteroatoms. The molecule has 1 unspecified atom stereocenters. The lowest BCUT2D eigenvalue weighted by atomic mass is 10.1. The number of nitrogens with one attached hydrogen (secondary N) is 1. The molecule has 0 saturated carbocycles. The molecule has 0 aromatic heterocycles. The summed E-state index contributed by atoms with van der Waals surface area (Å²) in [5.74, 6) is -0.422. The lowest BCUT2D eigenvalue weighted by molar-refractivity contribution is -0.123. The van der Waals surface area contributed by atoms with Gasteiger partial charge in [0.2, 0.25) is 5.91 Å². The number of primary amides is 1. The number of carbonyl (C=O) groups excluding carboxylic acids is 1. The minimum Gasteiger partial charge on any atom is -0.390 e. The molecule has 0 heterocycles. The number of rotatable bonds is 6. The Kier molecular flexibility index (Phi) is 5.04. The number of amides is 1. The first-order valence-corrected chi connectivity index (χ1v) is 4.63. The highest BCUT2D eigenvalue weighted by Crippen LogP contribution is 2.00. The Hall–Kier alpha value is -0.650. The summed E-state index contributed by atoms with van der Waals surface area (Å²) in [6, 6.07) is 0. The number of nitrogens with zero attached hydrogens (tertiary/aromatic N) is 1. The summed E-state index contributed by atoms with van der Waals surface area (Å²) in [7, 11) is 3.75. The number of carbonyl (C=O) groups is 1. The number of likely N-dealkylation sites (N-methyl/N-ethyl adjacent to an activating group) is 1. The average molecular weight is 203 g/mol. The molecule has 1 atom stereocenters. The first kappa shape index (κ1) is 13.4. The van der Waals surface area contributed by atoms with Crippen LogP contribution in [-0.4, -0.2) is 54.7 Å². The molecule has 0 aromatic carbocycles. The van der Waals surface area contributed by atoms with Gasteiger partial charge in [0.05, 0.1) is 11.6 Å². The van der Waals surface area contributed by atoms with Crippen molar-refractivity contribution in [2.24, 2.45) is 5.73 Å². The van der Waals surface area contributed by atoms with E-state index in [-0.39, 0.29) is 0 Å². The zero-order valence-electron chi connectivity index (χ0n) is 9.37. The molecule has 0 saturated heterocycles. The fourth-order valence-corrected chi connectivity index (χ4v) is 0.946. The van der Waals surface area contributed by atoms with Crippen LogP contribution in [0.25, 0.3) is 0 Å². The average Bonchev–Trinajstić information content (AvgIpc) is 1.99. The van der Waals surface area contributed by atoms with Crippen LogP contribution in [0.15, 0.2) is 0 Å². The third kappa shape index (κ3) is 5.16. The fourth-order valence-electron chi connectivity index (χ4n) is 0.946. The van der Waals surface area contributed by atoms with Crippen LogP contribution in [0.2, 0.25) is 0 Å². The maximum atomic E-state index is 10.9. The van der Waals surface area contributed by atoms with Gasteiger partial charge < -0.3 is 21.1 Å². The molecule has 4 N–H and O–H groups in total. The van der Waals surface area contributed by atoms with Crippen molar-refractivity contribution >= 4 is 5.91 Å². The van der Waals surface area contributed by atoms with E-state index in [0.717, 1.165) is 0 Å². The smallest absolute Gasteiger partial charge is 0.237 e. The van der Waals surface area contributed by atoms with Crippen LogP contribution >= 0.6 is 0 Å². The van der Waals surface area contributed by atoms with Gasteiger partial charge in [0.15, 0.2) is 0 Å². The molecule has 0 aliphatic heterocycles. The van der Waals surface area contributed by atoms with E-state index in [1.54, 1.807) is 13.8 Å². The van der Waals surface area contributed by atoms with E-state index < -0.39 is 17.6 Å². The molecule has 14 heavy (non-hydrogen) atoms. The van der Waals surface area contributed by atoms with Crippen molar-refractivity contribution in [3.8, 4) is 0 Å². The van der Waals surface area contributed by atoms with E-state index in [2.05, 4.69) is 5.32 Å². The predicted molar refractivity (Wildman–Crippen MR) is 55.8 cm³/mol. The Labute approximate surface area is 85.3 Å². The molecule has 0 aromatic rings. The van der Waals surface area contributed by atoms with Crippen LogP contribution in [-0.2, 0) is 4.79 Å². The van der Waals surface area contributed by atoms with Crippen molar-refractivity contribution in [3.63, 3.8) is 0 Å². The second-order valence-corrected chi connectivity index (χ2v) is 4.29. The van der Waals surface area contributed by atoms with Crippen LogP contribution in [0.1, 0.15) is 13.8 Å². The van der Waals surface area contributed by atoms with Gasteiger partial charge in [-0.25, -0.2) is 0 Å². The van der Waals surface area contributed by atoms with Crippen LogP contribution < -0.4 is 11.1 Å². The minimum absolute atomic E-state index is 0.355. The molecule has 5 nitrogen and oxygen atoms in total. The third-order valence-corrected chi connectivity index (χ3v) is 1.97. The molecule has 0 bridgehead atoms. The van der Waals surface area contributed by atoms with Crippen molar-refractivity contribution in [1.82, 2.24) is 10.2 Å². The monoisotopic (exact) mass is 203 g/mol. The standard InChI is InChI=1S/C9H21N3O2/c1-9(2,8(10)14)11-5-7(13)6-12(3)4/h7,11,13H,5-6H2,1-4H3,(H2,10,14). The second-order valence-electron chi connectivity index (χ2n) is 4.29. The van der Waals surface area contributed by atoms with Gasteiger partial charge in [0.25, 0.3) is 0 Å². The lowest BCUT2D eigenvalue weighted by Gasteiger charge is -2.25. The van der Waals surface area contributed by atoms with E-state index in [0.29, 0.717) is 13.1 Å². The number of hydrogen-bond donors (Lipinski definition) is 3. The van der Waals surface area contributed by atoms with Crippen molar-refractivity contribution in [1.29, 1.82) is 0 Å². The van der Waals surface area contributed by atoms with Gasteiger partial charge in [-0.05, 0) is 27.9 Å². The van der Waals surface area contributed by atoms with Gasteiger partial charge in [0, 0.05) is 13.1 Å². The molecule has 0 spiro atoms. The molecular formula is C9H21N3O2. The van der Waals surface area contributed by atoms with Gasteiger partial charge in [-0.3, -0.25) is 4.79 Å². The fraction of sp³-hybridized carbons (Fsp3) is 0.889. The lowest BCUT2D eigenvalue weighted by Crippen LogP contribution is -2.53. The first-order chi connectivity index (χ1) is 6.25. The van der Waals surface area contributed by atoms with E-state index in [1.807, 2.05) is 19.0 Å². The number of aliphatic hydroxyl groups excluding tert-OH is 1. The Balaban J connectivity index is 3.87. The summed E-state index contributed by atoms with van der Waals surface area (Å²) in [6.07, 6.45) is -0.497. The normalized spacial score (nSPS) is 14.4. The van der Waals surface area contributed by atoms with Crippen LogP contribution in [0, 0.1) is 0 Å². The van der Waals surface area contributed by atoms with Gasteiger partial charge >= 0.3 is 0 Å². The summed E-state index contributed by atoms with van der Waals surface area (Å²) in [5, 5.41) is 12.4. The highest BCUT2D eigenvalue weighted by molar-refractivity contribution is 5.83. The Morgan fingerprint density at radius 3 is 2.43 bits per heavy atom. The number of hydrogen-bond acceptors (Lipinski definition) is 4. The zero-order valence-corrected chi connectivity index (χ0v) is 9.37. The summed E-state index contributed by atoms with van der Waals surface area (Å²) < 4.78 is 0. The molecule has 0 rings (SSSR count). The Bertz CT molecular complexity index is 192. The molecule has 0 radical (unpaired) electrons. The molecule has 0 aliphatic carbocycles. The Morgan fingerprint density at radius 1 is 1.57 bits per heavy atom. The quantitative estimate of drug-likeness (QED) is 0.505. The Morgan fingerprint density at radius 2 is 2.07 bits per heavy atom. The van der Waals surface area contributed by atoms with Crippen LogP contribution in [0.5, 0.6) is 0 Å². The molecule has 84 valence electrons. The topological polar surface area (TPSA) is 78.6 Å². The second kappa shape index (κ2) is 5.29. The van der Waals surface area contributed by atoms with E-state index in [4.69, 9.17) is 5.73 Å². The highest BCUT2D eigenvalue weighted by Gasteiger charge is 2.24. The summed E-state index contributed by atoms with van der Waals surface area (Å²) in [6.45, 7) is 4.30. The zero-order chi connectivity index (χ0) is 11.4. The van der Waals surface area contributed by atoms with Crippen molar-refractivity contribution < 1.29 is 9.90 Å². The predicted octanol–water partition coefficient (Wildman–Crippen LogP) is -1.24. The van der Waals surface area contributed by atoms with E-state index >= 15 is 0 Å². The van der Waals surface area contributed by atoms with Gasteiger partial charge in [-0.15, -0.1) is 0 Å².